The molecule has 0 aliphatic carbocycles. The minimum Gasteiger partial charge on any atom is -0.341 e. The van der Waals surface area contributed by atoms with Gasteiger partial charge < -0.3 is 10.6 Å². The number of hydrogen-bond acceptors (Lipinski definition) is 2. The molecule has 0 saturated carbocycles. The Morgan fingerprint density at radius 3 is 2.84 bits per heavy atom. The van der Waals surface area contributed by atoms with Crippen molar-refractivity contribution in [2.75, 3.05) is 13.1 Å². The van der Waals surface area contributed by atoms with Gasteiger partial charge in [0.15, 0.2) is 0 Å². The highest BCUT2D eigenvalue weighted by molar-refractivity contribution is 5.85. The van der Waals surface area contributed by atoms with Crippen LogP contribution in [0.2, 0.25) is 0 Å². The Bertz CT molecular complexity index is 456. The highest BCUT2D eigenvalue weighted by Crippen LogP contribution is 2.14. The van der Waals surface area contributed by atoms with Crippen LogP contribution in [-0.4, -0.2) is 29.9 Å². The molecule has 6 heteroatoms. The van der Waals surface area contributed by atoms with E-state index in [-0.39, 0.29) is 36.3 Å². The van der Waals surface area contributed by atoms with Crippen molar-refractivity contribution in [3.8, 4) is 0 Å². The van der Waals surface area contributed by atoms with Crippen molar-refractivity contribution in [3.05, 3.63) is 35.4 Å². The highest BCUT2D eigenvalue weighted by Gasteiger charge is 2.22. The Balaban J connectivity index is 0.00000180. The van der Waals surface area contributed by atoms with E-state index in [1.165, 1.54) is 0 Å². The quantitative estimate of drug-likeness (QED) is 0.904. The molecular weight excluding hydrogens is 274 g/mol. The molecular formula is C13H17ClF2N2O. The Hall–Kier alpha value is -1.20. The number of benzene rings is 1. The fourth-order valence-electron chi connectivity index (χ4n) is 2.19. The van der Waals surface area contributed by atoms with Crippen LogP contribution in [0.1, 0.15) is 18.4 Å². The van der Waals surface area contributed by atoms with Crippen LogP contribution in [0.3, 0.4) is 0 Å². The van der Waals surface area contributed by atoms with E-state index in [0.717, 1.165) is 31.0 Å². The zero-order valence-corrected chi connectivity index (χ0v) is 11.3. The van der Waals surface area contributed by atoms with Gasteiger partial charge in [0.2, 0.25) is 5.91 Å². The molecule has 1 aromatic rings. The van der Waals surface area contributed by atoms with Crippen molar-refractivity contribution >= 4 is 18.3 Å². The van der Waals surface area contributed by atoms with Crippen molar-refractivity contribution in [2.45, 2.75) is 25.3 Å². The molecule has 106 valence electrons. The Labute approximate surface area is 117 Å². The maximum absolute atomic E-state index is 13.4. The van der Waals surface area contributed by atoms with Gasteiger partial charge in [0.05, 0.1) is 6.42 Å². The van der Waals surface area contributed by atoms with E-state index in [2.05, 4.69) is 0 Å². The van der Waals surface area contributed by atoms with Crippen molar-refractivity contribution in [3.63, 3.8) is 0 Å². The topological polar surface area (TPSA) is 46.3 Å². The normalized spacial score (nSPS) is 18.9. The molecule has 0 radical (unpaired) electrons. The van der Waals surface area contributed by atoms with E-state index in [1.807, 2.05) is 0 Å². The summed E-state index contributed by atoms with van der Waals surface area (Å²) in [5.74, 6) is -1.28. The Morgan fingerprint density at radius 2 is 2.16 bits per heavy atom. The summed E-state index contributed by atoms with van der Waals surface area (Å²) >= 11 is 0. The molecule has 0 spiro atoms. The highest BCUT2D eigenvalue weighted by atomic mass is 35.5. The third-order valence-corrected chi connectivity index (χ3v) is 3.16. The summed E-state index contributed by atoms with van der Waals surface area (Å²) < 4.78 is 26.4. The smallest absolute Gasteiger partial charge is 0.227 e. The van der Waals surface area contributed by atoms with Crippen LogP contribution in [-0.2, 0) is 11.2 Å². The standard InChI is InChI=1S/C13H16F2N2O.ClH/c14-10-3-4-12(15)9(6-10)7-13(18)17-5-1-2-11(16)8-17;/h3-4,6,11H,1-2,5,7-8,16H2;1H/t11-;/m0./s1. The molecule has 1 amide bonds. The van der Waals surface area contributed by atoms with Crippen molar-refractivity contribution in [2.24, 2.45) is 5.73 Å². The van der Waals surface area contributed by atoms with Crippen LogP contribution in [0.15, 0.2) is 18.2 Å². The minimum atomic E-state index is -0.550. The average Bonchev–Trinajstić information content (AvgIpc) is 2.34. The maximum Gasteiger partial charge on any atom is 0.227 e. The minimum absolute atomic E-state index is 0. The summed E-state index contributed by atoms with van der Waals surface area (Å²) in [7, 11) is 0. The number of amides is 1. The lowest BCUT2D eigenvalue weighted by molar-refractivity contribution is -0.131. The molecule has 19 heavy (non-hydrogen) atoms. The number of carbonyl (C=O) groups excluding carboxylic acids is 1. The summed E-state index contributed by atoms with van der Waals surface area (Å²) in [5, 5.41) is 0. The molecule has 2 N–H and O–H groups in total. The second-order valence-corrected chi connectivity index (χ2v) is 4.65. The Kier molecular flexibility index (Phi) is 5.69. The van der Waals surface area contributed by atoms with Gasteiger partial charge in [-0.15, -0.1) is 12.4 Å². The van der Waals surface area contributed by atoms with E-state index in [0.29, 0.717) is 13.1 Å². The van der Waals surface area contributed by atoms with Gasteiger partial charge in [-0.3, -0.25) is 4.79 Å². The molecule has 1 heterocycles. The number of halogens is 3. The lowest BCUT2D eigenvalue weighted by atomic mass is 10.0. The lowest BCUT2D eigenvalue weighted by Crippen LogP contribution is -2.46. The fourth-order valence-corrected chi connectivity index (χ4v) is 2.19. The second kappa shape index (κ2) is 6.82. The van der Waals surface area contributed by atoms with Gasteiger partial charge in [-0.25, -0.2) is 8.78 Å². The molecule has 0 aromatic heterocycles. The summed E-state index contributed by atoms with van der Waals surface area (Å²) in [6.07, 6.45) is 1.65. The first-order chi connectivity index (χ1) is 8.56. The van der Waals surface area contributed by atoms with Crippen molar-refractivity contribution < 1.29 is 13.6 Å². The Morgan fingerprint density at radius 1 is 1.42 bits per heavy atom. The summed E-state index contributed by atoms with van der Waals surface area (Å²) in [6.45, 7) is 1.14. The van der Waals surface area contributed by atoms with Gasteiger partial charge in [-0.1, -0.05) is 0 Å². The number of piperidine rings is 1. The number of nitrogens with zero attached hydrogens (tertiary/aromatic N) is 1. The van der Waals surface area contributed by atoms with Gasteiger partial charge in [0.1, 0.15) is 11.6 Å². The van der Waals surface area contributed by atoms with Crippen LogP contribution >= 0.6 is 12.4 Å². The molecule has 1 atom stereocenters. The first kappa shape index (κ1) is 15.9. The monoisotopic (exact) mass is 290 g/mol. The number of nitrogens with two attached hydrogens (primary N) is 1. The van der Waals surface area contributed by atoms with E-state index in [9.17, 15) is 13.6 Å². The zero-order chi connectivity index (χ0) is 13.1. The number of likely N-dealkylation sites (tertiary alicyclic amines) is 1. The molecule has 0 bridgehead atoms. The second-order valence-electron chi connectivity index (χ2n) is 4.65. The number of hydrogen-bond donors (Lipinski definition) is 1. The van der Waals surface area contributed by atoms with Gasteiger partial charge >= 0.3 is 0 Å². The van der Waals surface area contributed by atoms with Crippen LogP contribution in [0.25, 0.3) is 0 Å². The van der Waals surface area contributed by atoms with Crippen LogP contribution < -0.4 is 5.73 Å². The zero-order valence-electron chi connectivity index (χ0n) is 10.4. The largest absolute Gasteiger partial charge is 0.341 e. The van der Waals surface area contributed by atoms with Crippen LogP contribution in [0, 0.1) is 11.6 Å². The molecule has 1 aromatic carbocycles. The number of rotatable bonds is 2. The predicted octanol–water partition coefficient (Wildman–Crippen LogP) is 1.88. The third-order valence-electron chi connectivity index (χ3n) is 3.16. The van der Waals surface area contributed by atoms with E-state index in [4.69, 9.17) is 5.73 Å². The van der Waals surface area contributed by atoms with Crippen LogP contribution in [0.5, 0.6) is 0 Å². The molecule has 3 nitrogen and oxygen atoms in total. The third kappa shape index (κ3) is 4.14. The number of carbonyl (C=O) groups is 1. The van der Waals surface area contributed by atoms with Gasteiger partial charge in [-0.05, 0) is 31.0 Å². The first-order valence-electron chi connectivity index (χ1n) is 6.03. The molecule has 1 saturated heterocycles. The van der Waals surface area contributed by atoms with Gasteiger partial charge in [0.25, 0.3) is 0 Å². The fraction of sp³-hybridized carbons (Fsp3) is 0.462. The van der Waals surface area contributed by atoms with E-state index < -0.39 is 11.6 Å². The molecule has 0 unspecified atom stereocenters. The summed E-state index contributed by atoms with van der Waals surface area (Å²) in [4.78, 5) is 13.6. The lowest BCUT2D eigenvalue weighted by Gasteiger charge is -2.30. The summed E-state index contributed by atoms with van der Waals surface area (Å²) in [6, 6.07) is 3.14. The van der Waals surface area contributed by atoms with Crippen LogP contribution in [0.4, 0.5) is 8.78 Å². The van der Waals surface area contributed by atoms with Crippen molar-refractivity contribution in [1.29, 1.82) is 0 Å². The SMILES string of the molecule is Cl.N[C@H]1CCCN(C(=O)Cc2cc(F)ccc2F)C1. The van der Waals surface area contributed by atoms with E-state index in [1.54, 1.807) is 4.90 Å². The average molecular weight is 291 g/mol. The molecule has 2 rings (SSSR count). The molecule has 1 aliphatic rings. The maximum atomic E-state index is 13.4. The predicted molar refractivity (Wildman–Crippen MR) is 71.1 cm³/mol. The first-order valence-corrected chi connectivity index (χ1v) is 6.03. The summed E-state index contributed by atoms with van der Waals surface area (Å²) in [5.41, 5.74) is 5.88. The molecule has 1 aliphatic heterocycles. The molecule has 1 fully saturated rings. The van der Waals surface area contributed by atoms with Crippen molar-refractivity contribution in [1.82, 2.24) is 4.90 Å². The van der Waals surface area contributed by atoms with E-state index >= 15 is 0 Å². The van der Waals surface area contributed by atoms with Gasteiger partial charge in [0, 0.05) is 24.7 Å². The van der Waals surface area contributed by atoms with Gasteiger partial charge in [-0.2, -0.15) is 0 Å².